The lowest BCUT2D eigenvalue weighted by Crippen LogP contribution is -2.47. The van der Waals surface area contributed by atoms with Gasteiger partial charge >= 0.3 is 0 Å². The van der Waals surface area contributed by atoms with Crippen molar-refractivity contribution in [2.75, 3.05) is 39.8 Å². The summed E-state index contributed by atoms with van der Waals surface area (Å²) in [6.07, 6.45) is 2.04. The Kier molecular flexibility index (Phi) is 4.97. The second-order valence-electron chi connectivity index (χ2n) is 5.27. The number of hydrogen-bond acceptors (Lipinski definition) is 4. The molecule has 2 fully saturated rings. The van der Waals surface area contributed by atoms with Crippen molar-refractivity contribution in [3.63, 3.8) is 0 Å². The monoisotopic (exact) mass is 255 g/mol. The Bertz CT molecular complexity index is 279. The quantitative estimate of drug-likeness (QED) is 0.732. The maximum atomic E-state index is 12.2. The third-order valence-electron chi connectivity index (χ3n) is 4.13. The lowest BCUT2D eigenvalue weighted by atomic mass is 9.97. The molecule has 0 aromatic rings. The van der Waals surface area contributed by atoms with Crippen molar-refractivity contribution < 1.29 is 9.53 Å². The number of ether oxygens (including phenoxy) is 1. The zero-order chi connectivity index (χ0) is 13.0. The zero-order valence-electron chi connectivity index (χ0n) is 11.4. The number of piperidine rings is 1. The van der Waals surface area contributed by atoms with Crippen LogP contribution in [0.15, 0.2) is 0 Å². The Hall–Kier alpha value is -0.650. The molecule has 2 atom stereocenters. The average molecular weight is 255 g/mol. The van der Waals surface area contributed by atoms with Gasteiger partial charge in [-0.1, -0.05) is 6.92 Å². The molecular formula is C13H25N3O2. The largest absolute Gasteiger partial charge is 0.378 e. The van der Waals surface area contributed by atoms with Crippen LogP contribution in [0.5, 0.6) is 0 Å². The molecule has 2 N–H and O–H groups in total. The summed E-state index contributed by atoms with van der Waals surface area (Å²) in [7, 11) is 1.73. The van der Waals surface area contributed by atoms with Gasteiger partial charge in [0.05, 0.1) is 12.1 Å². The molecule has 5 nitrogen and oxygen atoms in total. The van der Waals surface area contributed by atoms with Crippen LogP contribution >= 0.6 is 0 Å². The molecule has 0 unspecified atom stereocenters. The number of nitrogens with zero attached hydrogens (tertiary/aromatic N) is 1. The molecule has 0 aliphatic carbocycles. The molecule has 1 amide bonds. The molecular weight excluding hydrogens is 230 g/mol. The molecule has 0 spiro atoms. The summed E-state index contributed by atoms with van der Waals surface area (Å²) in [5.74, 6) is 0.390. The number of likely N-dealkylation sites (tertiary alicyclic amines) is 1. The number of methoxy groups -OCH3 is 1. The van der Waals surface area contributed by atoms with Gasteiger partial charge in [-0.15, -0.1) is 0 Å². The molecule has 18 heavy (non-hydrogen) atoms. The van der Waals surface area contributed by atoms with E-state index in [1.807, 2.05) is 0 Å². The summed E-state index contributed by atoms with van der Waals surface area (Å²) in [5.41, 5.74) is 0. The highest BCUT2D eigenvalue weighted by Crippen LogP contribution is 2.16. The lowest BCUT2D eigenvalue weighted by molar-refractivity contribution is -0.127. The van der Waals surface area contributed by atoms with Crippen LogP contribution < -0.4 is 10.6 Å². The van der Waals surface area contributed by atoms with E-state index in [-0.39, 0.29) is 24.0 Å². The Labute approximate surface area is 109 Å². The molecule has 2 aliphatic rings. The number of rotatable bonds is 4. The van der Waals surface area contributed by atoms with Crippen LogP contribution in [0.3, 0.4) is 0 Å². The lowest BCUT2D eigenvalue weighted by Gasteiger charge is -2.25. The summed E-state index contributed by atoms with van der Waals surface area (Å²) in [6, 6.07) is 0.150. The van der Waals surface area contributed by atoms with E-state index in [4.69, 9.17) is 4.74 Å². The minimum Gasteiger partial charge on any atom is -0.378 e. The first-order chi connectivity index (χ1) is 8.74. The fourth-order valence-corrected chi connectivity index (χ4v) is 2.87. The summed E-state index contributed by atoms with van der Waals surface area (Å²) >= 11 is 0. The second-order valence-corrected chi connectivity index (χ2v) is 5.27. The highest BCUT2D eigenvalue weighted by molar-refractivity contribution is 5.79. The Morgan fingerprint density at radius 1 is 1.39 bits per heavy atom. The first-order valence-corrected chi connectivity index (χ1v) is 7.00. The van der Waals surface area contributed by atoms with Crippen molar-refractivity contribution in [2.45, 2.75) is 31.9 Å². The summed E-state index contributed by atoms with van der Waals surface area (Å²) in [5, 5.41) is 6.47. The third-order valence-corrected chi connectivity index (χ3v) is 4.13. The molecule has 0 aromatic heterocycles. The molecule has 2 saturated heterocycles. The standard InChI is InChI=1S/C13H25N3O2/c1-3-16-8-11(12(9-16)18-2)15-13(17)10-4-6-14-7-5-10/h10-12,14H,3-9H2,1-2H3,(H,15,17)/t11-,12-/m0/s1. The van der Waals surface area contributed by atoms with Crippen LogP contribution in [0, 0.1) is 5.92 Å². The van der Waals surface area contributed by atoms with Gasteiger partial charge in [0, 0.05) is 26.1 Å². The summed E-state index contributed by atoms with van der Waals surface area (Å²) in [4.78, 5) is 14.5. The molecule has 5 heteroatoms. The third kappa shape index (κ3) is 3.22. The van der Waals surface area contributed by atoms with E-state index in [9.17, 15) is 4.79 Å². The van der Waals surface area contributed by atoms with Crippen molar-refractivity contribution in [1.29, 1.82) is 0 Å². The van der Waals surface area contributed by atoms with Crippen molar-refractivity contribution in [3.05, 3.63) is 0 Å². The van der Waals surface area contributed by atoms with Crippen molar-refractivity contribution in [3.8, 4) is 0 Å². The Balaban J connectivity index is 1.85. The molecule has 2 rings (SSSR count). The van der Waals surface area contributed by atoms with E-state index in [1.54, 1.807) is 7.11 Å². The van der Waals surface area contributed by atoms with E-state index < -0.39 is 0 Å². The van der Waals surface area contributed by atoms with E-state index in [1.165, 1.54) is 0 Å². The van der Waals surface area contributed by atoms with Crippen LogP contribution in [-0.2, 0) is 9.53 Å². The van der Waals surface area contributed by atoms with E-state index >= 15 is 0 Å². The van der Waals surface area contributed by atoms with Crippen LogP contribution in [0.1, 0.15) is 19.8 Å². The first-order valence-electron chi connectivity index (χ1n) is 7.00. The SMILES string of the molecule is CCN1C[C@H](NC(=O)C2CCNCC2)[C@@H](OC)C1. The maximum Gasteiger partial charge on any atom is 0.223 e. The molecule has 0 aromatic carbocycles. The first kappa shape index (κ1) is 13.8. The average Bonchev–Trinajstić information content (AvgIpc) is 2.82. The molecule has 2 aliphatic heterocycles. The Morgan fingerprint density at radius 2 is 2.11 bits per heavy atom. The number of carbonyl (C=O) groups is 1. The normalized spacial score (nSPS) is 30.6. The molecule has 0 bridgehead atoms. The Morgan fingerprint density at radius 3 is 2.72 bits per heavy atom. The predicted octanol–water partition coefficient (Wildman–Crippen LogP) is -0.179. The van der Waals surface area contributed by atoms with E-state index in [2.05, 4.69) is 22.5 Å². The van der Waals surface area contributed by atoms with Crippen LogP contribution in [0.4, 0.5) is 0 Å². The maximum absolute atomic E-state index is 12.2. The van der Waals surface area contributed by atoms with Crippen molar-refractivity contribution in [2.24, 2.45) is 5.92 Å². The fourth-order valence-electron chi connectivity index (χ4n) is 2.87. The number of amides is 1. The number of likely N-dealkylation sites (N-methyl/N-ethyl adjacent to an activating group) is 1. The number of hydrogen-bond donors (Lipinski definition) is 2. The fraction of sp³-hybridized carbons (Fsp3) is 0.923. The predicted molar refractivity (Wildman–Crippen MR) is 70.4 cm³/mol. The highest BCUT2D eigenvalue weighted by Gasteiger charge is 2.34. The van der Waals surface area contributed by atoms with Gasteiger partial charge < -0.3 is 15.4 Å². The summed E-state index contributed by atoms with van der Waals surface area (Å²) in [6.45, 7) is 6.90. The van der Waals surface area contributed by atoms with Gasteiger partial charge in [0.2, 0.25) is 5.91 Å². The van der Waals surface area contributed by atoms with E-state index in [0.29, 0.717) is 0 Å². The van der Waals surface area contributed by atoms with Gasteiger partial charge in [-0.05, 0) is 32.5 Å². The van der Waals surface area contributed by atoms with Gasteiger partial charge in [0.1, 0.15) is 0 Å². The highest BCUT2D eigenvalue weighted by atomic mass is 16.5. The van der Waals surface area contributed by atoms with Gasteiger partial charge in [-0.2, -0.15) is 0 Å². The van der Waals surface area contributed by atoms with Gasteiger partial charge in [-0.25, -0.2) is 0 Å². The van der Waals surface area contributed by atoms with Crippen LogP contribution in [0.25, 0.3) is 0 Å². The van der Waals surface area contributed by atoms with Gasteiger partial charge in [0.25, 0.3) is 0 Å². The molecule has 0 saturated carbocycles. The topological polar surface area (TPSA) is 53.6 Å². The minimum atomic E-state index is 0.135. The number of nitrogens with one attached hydrogen (secondary N) is 2. The second kappa shape index (κ2) is 6.50. The smallest absolute Gasteiger partial charge is 0.223 e. The molecule has 2 heterocycles. The van der Waals surface area contributed by atoms with Crippen molar-refractivity contribution >= 4 is 5.91 Å². The van der Waals surface area contributed by atoms with Crippen molar-refractivity contribution in [1.82, 2.24) is 15.5 Å². The van der Waals surface area contributed by atoms with Crippen LogP contribution in [-0.4, -0.2) is 62.8 Å². The van der Waals surface area contributed by atoms with E-state index in [0.717, 1.165) is 45.6 Å². The van der Waals surface area contributed by atoms with Gasteiger partial charge in [0.15, 0.2) is 0 Å². The van der Waals surface area contributed by atoms with Crippen LogP contribution in [0.2, 0.25) is 0 Å². The molecule has 0 radical (unpaired) electrons. The number of carbonyl (C=O) groups excluding carboxylic acids is 1. The van der Waals surface area contributed by atoms with Gasteiger partial charge in [-0.3, -0.25) is 9.69 Å². The molecule has 104 valence electrons. The zero-order valence-corrected chi connectivity index (χ0v) is 11.4. The minimum absolute atomic E-state index is 0.135. The summed E-state index contributed by atoms with van der Waals surface area (Å²) < 4.78 is 5.48.